The first-order chi connectivity index (χ1) is 13.2. The lowest BCUT2D eigenvalue weighted by Gasteiger charge is -2.32. The third-order valence-corrected chi connectivity index (χ3v) is 5.55. The second-order valence-corrected chi connectivity index (χ2v) is 7.55. The first-order valence-corrected chi connectivity index (χ1v) is 9.89. The van der Waals surface area contributed by atoms with Gasteiger partial charge in [-0.3, -0.25) is 9.48 Å². The molecule has 2 fully saturated rings. The van der Waals surface area contributed by atoms with Crippen molar-refractivity contribution in [2.45, 2.75) is 38.1 Å². The number of nitrogens with zero attached hydrogens (tertiary/aromatic N) is 3. The fourth-order valence-corrected chi connectivity index (χ4v) is 3.72. The maximum Gasteiger partial charge on any atom is 0.253 e. The zero-order valence-electron chi connectivity index (χ0n) is 15.6. The molecule has 2 aliphatic rings. The number of hydrogen-bond acceptors (Lipinski definition) is 4. The van der Waals surface area contributed by atoms with Gasteiger partial charge >= 0.3 is 0 Å². The van der Waals surface area contributed by atoms with Crippen LogP contribution < -0.4 is 4.74 Å². The largest absolute Gasteiger partial charge is 0.493 e. The Morgan fingerprint density at radius 2 is 1.85 bits per heavy atom. The van der Waals surface area contributed by atoms with Crippen LogP contribution in [0.4, 0.5) is 0 Å². The van der Waals surface area contributed by atoms with E-state index in [-0.39, 0.29) is 12.5 Å². The fraction of sp³-hybridized carbons (Fsp3) is 0.524. The maximum atomic E-state index is 12.8. The highest BCUT2D eigenvalue weighted by molar-refractivity contribution is 5.94. The predicted octanol–water partition coefficient (Wildman–Crippen LogP) is 2.68. The van der Waals surface area contributed by atoms with Crippen molar-refractivity contribution in [3.05, 3.63) is 47.8 Å². The molecule has 1 N–H and O–H groups in total. The van der Waals surface area contributed by atoms with Gasteiger partial charge in [-0.2, -0.15) is 5.10 Å². The molecule has 144 valence electrons. The molecular formula is C21H27N3O3. The van der Waals surface area contributed by atoms with E-state index in [9.17, 15) is 4.79 Å². The Bertz CT molecular complexity index is 759. The molecule has 1 aromatic heterocycles. The second-order valence-electron chi connectivity index (χ2n) is 7.55. The number of benzene rings is 1. The van der Waals surface area contributed by atoms with Crippen LogP contribution in [0.3, 0.4) is 0 Å². The van der Waals surface area contributed by atoms with E-state index in [4.69, 9.17) is 9.84 Å². The molecular weight excluding hydrogens is 342 g/mol. The Labute approximate surface area is 159 Å². The average molecular weight is 369 g/mol. The van der Waals surface area contributed by atoms with Gasteiger partial charge < -0.3 is 14.7 Å². The van der Waals surface area contributed by atoms with E-state index in [1.807, 2.05) is 39.9 Å². The number of aliphatic hydroxyl groups is 1. The van der Waals surface area contributed by atoms with Crippen LogP contribution in [-0.2, 0) is 6.54 Å². The summed E-state index contributed by atoms with van der Waals surface area (Å²) in [6.45, 7) is 2.89. The van der Waals surface area contributed by atoms with Gasteiger partial charge in [0.05, 0.1) is 19.8 Å². The molecule has 0 unspecified atom stereocenters. The number of carbonyl (C=O) groups excluding carboxylic acids is 1. The summed E-state index contributed by atoms with van der Waals surface area (Å²) in [7, 11) is 0. The van der Waals surface area contributed by atoms with Crippen LogP contribution in [0.25, 0.3) is 0 Å². The van der Waals surface area contributed by atoms with Crippen molar-refractivity contribution in [1.29, 1.82) is 0 Å². The van der Waals surface area contributed by atoms with Gasteiger partial charge in [-0.15, -0.1) is 0 Å². The maximum absolute atomic E-state index is 12.8. The van der Waals surface area contributed by atoms with Gasteiger partial charge in [0.15, 0.2) is 0 Å². The minimum Gasteiger partial charge on any atom is -0.493 e. The van der Waals surface area contributed by atoms with Crippen molar-refractivity contribution in [2.24, 2.45) is 5.92 Å². The van der Waals surface area contributed by atoms with E-state index < -0.39 is 0 Å². The number of amides is 1. The summed E-state index contributed by atoms with van der Waals surface area (Å²) < 4.78 is 7.62. The lowest BCUT2D eigenvalue weighted by molar-refractivity contribution is 0.0711. The van der Waals surface area contributed by atoms with Gasteiger partial charge in [-0.1, -0.05) is 0 Å². The van der Waals surface area contributed by atoms with Crippen LogP contribution in [0.2, 0.25) is 0 Å². The molecule has 0 radical (unpaired) electrons. The SMILES string of the molecule is O=C(c1ccc(OCC2CC2)cc1)N1CCC(c2ccnn2CCO)CC1. The average Bonchev–Trinajstić information content (AvgIpc) is 3.43. The highest BCUT2D eigenvalue weighted by atomic mass is 16.5. The summed E-state index contributed by atoms with van der Waals surface area (Å²) in [6.07, 6.45) is 6.17. The summed E-state index contributed by atoms with van der Waals surface area (Å²) in [6, 6.07) is 9.56. The van der Waals surface area contributed by atoms with Crippen LogP contribution in [0.5, 0.6) is 5.75 Å². The Kier molecular flexibility index (Phi) is 5.43. The molecule has 1 saturated carbocycles. The number of piperidine rings is 1. The van der Waals surface area contributed by atoms with Crippen molar-refractivity contribution in [3.8, 4) is 5.75 Å². The Balaban J connectivity index is 1.32. The molecule has 2 heterocycles. The number of hydrogen-bond donors (Lipinski definition) is 1. The highest BCUT2D eigenvalue weighted by Gasteiger charge is 2.26. The number of carbonyl (C=O) groups is 1. The van der Waals surface area contributed by atoms with Gasteiger partial charge in [-0.25, -0.2) is 0 Å². The molecule has 2 aromatic rings. The zero-order valence-corrected chi connectivity index (χ0v) is 15.6. The number of rotatable bonds is 7. The quantitative estimate of drug-likeness (QED) is 0.815. The zero-order chi connectivity index (χ0) is 18.6. The first kappa shape index (κ1) is 18.0. The van der Waals surface area contributed by atoms with Gasteiger partial charge in [0, 0.05) is 36.5 Å². The molecule has 1 amide bonds. The van der Waals surface area contributed by atoms with Gasteiger partial charge in [0.2, 0.25) is 0 Å². The Morgan fingerprint density at radius 1 is 1.11 bits per heavy atom. The van der Waals surface area contributed by atoms with Crippen LogP contribution >= 0.6 is 0 Å². The number of aliphatic hydroxyl groups excluding tert-OH is 1. The van der Waals surface area contributed by atoms with Crippen LogP contribution in [0.15, 0.2) is 36.5 Å². The highest BCUT2D eigenvalue weighted by Crippen LogP contribution is 2.30. The molecule has 0 atom stereocenters. The van der Waals surface area contributed by atoms with Gasteiger partial charge in [0.1, 0.15) is 5.75 Å². The summed E-state index contributed by atoms with van der Waals surface area (Å²) in [4.78, 5) is 14.7. The number of ether oxygens (including phenoxy) is 1. The van der Waals surface area contributed by atoms with Crippen molar-refractivity contribution in [3.63, 3.8) is 0 Å². The van der Waals surface area contributed by atoms with Crippen LogP contribution in [0.1, 0.15) is 47.7 Å². The number of likely N-dealkylation sites (tertiary alicyclic amines) is 1. The van der Waals surface area contributed by atoms with Crippen molar-refractivity contribution < 1.29 is 14.6 Å². The topological polar surface area (TPSA) is 67.6 Å². The molecule has 1 aliphatic carbocycles. The molecule has 1 aromatic carbocycles. The molecule has 0 spiro atoms. The summed E-state index contributed by atoms with van der Waals surface area (Å²) in [5.74, 6) is 2.04. The lowest BCUT2D eigenvalue weighted by Crippen LogP contribution is -2.38. The normalized spacial score (nSPS) is 17.9. The lowest BCUT2D eigenvalue weighted by atomic mass is 9.93. The molecule has 6 heteroatoms. The third kappa shape index (κ3) is 4.33. The van der Waals surface area contributed by atoms with E-state index in [0.29, 0.717) is 12.5 Å². The number of aromatic nitrogens is 2. The summed E-state index contributed by atoms with van der Waals surface area (Å²) >= 11 is 0. The molecule has 4 rings (SSSR count). The minimum atomic E-state index is 0.0889. The summed E-state index contributed by atoms with van der Waals surface area (Å²) in [5, 5.41) is 13.4. The van der Waals surface area contributed by atoms with Gasteiger partial charge in [-0.05, 0) is 61.9 Å². The smallest absolute Gasteiger partial charge is 0.253 e. The molecule has 6 nitrogen and oxygen atoms in total. The summed E-state index contributed by atoms with van der Waals surface area (Å²) in [5.41, 5.74) is 1.88. The van der Waals surface area contributed by atoms with E-state index in [1.165, 1.54) is 12.8 Å². The van der Waals surface area contributed by atoms with Gasteiger partial charge in [0.25, 0.3) is 5.91 Å². The standard InChI is InChI=1S/C21H27N3O3/c25-14-13-24-20(7-10-22-24)17-8-11-23(12-9-17)21(26)18-3-5-19(6-4-18)27-15-16-1-2-16/h3-7,10,16-17,25H,1-2,8-9,11-15H2. The molecule has 27 heavy (non-hydrogen) atoms. The molecule has 0 bridgehead atoms. The van der Waals surface area contributed by atoms with Crippen LogP contribution in [0, 0.1) is 5.92 Å². The Morgan fingerprint density at radius 3 is 2.52 bits per heavy atom. The molecule has 1 aliphatic heterocycles. The predicted molar refractivity (Wildman–Crippen MR) is 102 cm³/mol. The van der Waals surface area contributed by atoms with E-state index >= 15 is 0 Å². The fourth-order valence-electron chi connectivity index (χ4n) is 3.72. The minimum absolute atomic E-state index is 0.0889. The Hall–Kier alpha value is -2.34. The van der Waals surface area contributed by atoms with E-state index in [0.717, 1.165) is 55.5 Å². The van der Waals surface area contributed by atoms with E-state index in [1.54, 1.807) is 6.20 Å². The van der Waals surface area contributed by atoms with Crippen molar-refractivity contribution in [2.75, 3.05) is 26.3 Å². The van der Waals surface area contributed by atoms with Crippen molar-refractivity contribution >= 4 is 5.91 Å². The molecule has 1 saturated heterocycles. The van der Waals surface area contributed by atoms with E-state index in [2.05, 4.69) is 5.10 Å². The third-order valence-electron chi connectivity index (χ3n) is 5.55. The first-order valence-electron chi connectivity index (χ1n) is 9.89. The monoisotopic (exact) mass is 369 g/mol. The second kappa shape index (κ2) is 8.13. The van der Waals surface area contributed by atoms with Crippen LogP contribution in [-0.4, -0.2) is 52.0 Å². The van der Waals surface area contributed by atoms with Crippen molar-refractivity contribution in [1.82, 2.24) is 14.7 Å².